The number of hydrogen-bond acceptors (Lipinski definition) is 8. The summed E-state index contributed by atoms with van der Waals surface area (Å²) in [5, 5.41) is 33.5. The van der Waals surface area contributed by atoms with Gasteiger partial charge in [-0.2, -0.15) is 12.6 Å². The molecule has 0 fully saturated rings. The van der Waals surface area contributed by atoms with E-state index in [9.17, 15) is 33.9 Å². The van der Waals surface area contributed by atoms with E-state index < -0.39 is 78.6 Å². The zero-order chi connectivity index (χ0) is 24.3. The van der Waals surface area contributed by atoms with Crippen molar-refractivity contribution in [2.75, 3.05) is 5.75 Å². The normalized spacial score (nSPS) is 15.5. The van der Waals surface area contributed by atoms with E-state index in [1.807, 2.05) is 0 Å². The number of nitrogens with one attached hydrogen (secondary N) is 3. The average molecular weight is 464 g/mol. The molecule has 0 saturated heterocycles. The van der Waals surface area contributed by atoms with Gasteiger partial charge in [0.15, 0.2) is 0 Å². The zero-order valence-electron chi connectivity index (χ0n) is 17.0. The van der Waals surface area contributed by atoms with Crippen molar-refractivity contribution in [3.63, 3.8) is 0 Å². The van der Waals surface area contributed by atoms with Gasteiger partial charge in [0, 0.05) is 5.75 Å². The van der Waals surface area contributed by atoms with Crippen LogP contribution in [0.1, 0.15) is 33.1 Å². The minimum absolute atomic E-state index is 0.274. The molecule has 0 radical (unpaired) electrons. The third-order valence-electron chi connectivity index (χ3n) is 4.34. The molecule has 0 aliphatic heterocycles. The largest absolute Gasteiger partial charge is 0.481 e. The molecule has 14 heteroatoms. The van der Waals surface area contributed by atoms with Crippen LogP contribution in [-0.2, 0) is 28.8 Å². The number of aliphatic carboxylic acids is 3. The Bertz CT molecular complexity index is 703. The summed E-state index contributed by atoms with van der Waals surface area (Å²) in [6.45, 7) is 3.29. The molecule has 31 heavy (non-hydrogen) atoms. The van der Waals surface area contributed by atoms with Crippen LogP contribution < -0.4 is 21.7 Å². The molecule has 5 atom stereocenters. The van der Waals surface area contributed by atoms with Crippen molar-refractivity contribution in [3.05, 3.63) is 0 Å². The Labute approximate surface area is 183 Å². The van der Waals surface area contributed by atoms with Gasteiger partial charge < -0.3 is 37.0 Å². The molecule has 8 N–H and O–H groups in total. The van der Waals surface area contributed by atoms with Crippen molar-refractivity contribution in [1.82, 2.24) is 16.0 Å². The summed E-state index contributed by atoms with van der Waals surface area (Å²) >= 11 is 3.91. The second-order valence-corrected chi connectivity index (χ2v) is 7.18. The van der Waals surface area contributed by atoms with E-state index in [0.29, 0.717) is 6.42 Å². The molecule has 0 aromatic carbocycles. The molecule has 5 unspecified atom stereocenters. The number of rotatable bonds is 14. The molecule has 0 bridgehead atoms. The van der Waals surface area contributed by atoms with Crippen molar-refractivity contribution < 1.29 is 44.1 Å². The lowest BCUT2D eigenvalue weighted by atomic mass is 9.98. The Balaban J connectivity index is 5.34. The van der Waals surface area contributed by atoms with Gasteiger partial charge in [0.05, 0.1) is 18.9 Å². The number of carbonyl (C=O) groups excluding carboxylic acids is 3. The van der Waals surface area contributed by atoms with Gasteiger partial charge in [-0.15, -0.1) is 0 Å². The van der Waals surface area contributed by atoms with Gasteiger partial charge >= 0.3 is 17.9 Å². The predicted octanol–water partition coefficient (Wildman–Crippen LogP) is -2.22. The number of thiol groups is 1. The Morgan fingerprint density at radius 3 is 1.74 bits per heavy atom. The molecule has 0 aromatic heterocycles. The van der Waals surface area contributed by atoms with E-state index in [4.69, 9.17) is 15.9 Å². The lowest BCUT2D eigenvalue weighted by molar-refractivity contribution is -0.144. The molecule has 13 nitrogen and oxygen atoms in total. The predicted molar refractivity (Wildman–Crippen MR) is 109 cm³/mol. The molecule has 0 aliphatic rings. The highest BCUT2D eigenvalue weighted by molar-refractivity contribution is 7.80. The van der Waals surface area contributed by atoms with Crippen molar-refractivity contribution in [3.8, 4) is 0 Å². The summed E-state index contributed by atoms with van der Waals surface area (Å²) in [6.07, 6.45) is -1.13. The Morgan fingerprint density at radius 1 is 0.839 bits per heavy atom. The van der Waals surface area contributed by atoms with Crippen LogP contribution in [0.4, 0.5) is 0 Å². The highest BCUT2D eigenvalue weighted by atomic mass is 32.1. The van der Waals surface area contributed by atoms with Crippen LogP contribution >= 0.6 is 12.6 Å². The van der Waals surface area contributed by atoms with E-state index in [1.54, 1.807) is 13.8 Å². The molecular weight excluding hydrogens is 436 g/mol. The van der Waals surface area contributed by atoms with E-state index in [1.165, 1.54) is 0 Å². The van der Waals surface area contributed by atoms with Crippen LogP contribution in [0, 0.1) is 5.92 Å². The number of carbonyl (C=O) groups is 6. The first-order valence-electron chi connectivity index (χ1n) is 9.27. The summed E-state index contributed by atoms with van der Waals surface area (Å²) in [7, 11) is 0. The molecule has 0 saturated carbocycles. The number of carboxylic acid groups (broad SMARTS) is 3. The molecule has 0 aliphatic carbocycles. The molecule has 0 heterocycles. The van der Waals surface area contributed by atoms with Crippen molar-refractivity contribution in [1.29, 1.82) is 0 Å². The van der Waals surface area contributed by atoms with Gasteiger partial charge in [-0.1, -0.05) is 20.3 Å². The minimum Gasteiger partial charge on any atom is -0.481 e. The summed E-state index contributed by atoms with van der Waals surface area (Å²) in [5.41, 5.74) is 5.41. The second-order valence-electron chi connectivity index (χ2n) is 6.82. The van der Waals surface area contributed by atoms with Crippen molar-refractivity contribution in [2.24, 2.45) is 11.7 Å². The summed E-state index contributed by atoms with van der Waals surface area (Å²) in [5.74, 6) is -7.81. The van der Waals surface area contributed by atoms with Crippen LogP contribution in [0.2, 0.25) is 0 Å². The van der Waals surface area contributed by atoms with Crippen LogP contribution in [-0.4, -0.2) is 80.9 Å². The lowest BCUT2D eigenvalue weighted by Gasteiger charge is -2.25. The van der Waals surface area contributed by atoms with Crippen molar-refractivity contribution >= 4 is 48.3 Å². The lowest BCUT2D eigenvalue weighted by Crippen LogP contribution is -2.58. The molecule has 0 spiro atoms. The second kappa shape index (κ2) is 13.4. The fourth-order valence-corrected chi connectivity index (χ4v) is 2.60. The molecular formula is C17H28N4O9S. The quantitative estimate of drug-likeness (QED) is 0.129. The zero-order valence-corrected chi connectivity index (χ0v) is 17.9. The van der Waals surface area contributed by atoms with Gasteiger partial charge in [0.2, 0.25) is 17.7 Å². The highest BCUT2D eigenvalue weighted by Gasteiger charge is 2.32. The van der Waals surface area contributed by atoms with E-state index in [2.05, 4.69) is 28.6 Å². The number of amides is 3. The highest BCUT2D eigenvalue weighted by Crippen LogP contribution is 2.09. The van der Waals surface area contributed by atoms with Crippen molar-refractivity contribution in [2.45, 2.75) is 57.3 Å². The maximum absolute atomic E-state index is 12.5. The summed E-state index contributed by atoms with van der Waals surface area (Å²) in [6, 6.07) is -5.75. The Kier molecular flexibility index (Phi) is 12.2. The molecule has 0 aromatic rings. The number of hydrogen-bond donors (Lipinski definition) is 8. The number of nitrogens with two attached hydrogens (primary N) is 1. The average Bonchev–Trinajstić information content (AvgIpc) is 2.67. The minimum atomic E-state index is -1.64. The van der Waals surface area contributed by atoms with Gasteiger partial charge in [0.1, 0.15) is 18.1 Å². The van der Waals surface area contributed by atoms with Gasteiger partial charge in [0.25, 0.3) is 0 Å². The van der Waals surface area contributed by atoms with Crippen LogP contribution in [0.15, 0.2) is 0 Å². The smallest absolute Gasteiger partial charge is 0.326 e. The molecule has 176 valence electrons. The summed E-state index contributed by atoms with van der Waals surface area (Å²) in [4.78, 5) is 70.0. The Morgan fingerprint density at radius 2 is 1.32 bits per heavy atom. The third-order valence-corrected chi connectivity index (χ3v) is 4.70. The first-order chi connectivity index (χ1) is 14.3. The maximum Gasteiger partial charge on any atom is 0.326 e. The van der Waals surface area contributed by atoms with E-state index >= 15 is 0 Å². The van der Waals surface area contributed by atoms with Gasteiger partial charge in [-0.3, -0.25) is 24.0 Å². The summed E-state index contributed by atoms with van der Waals surface area (Å²) < 4.78 is 0. The van der Waals surface area contributed by atoms with Crippen LogP contribution in [0.5, 0.6) is 0 Å². The monoisotopic (exact) mass is 464 g/mol. The fourth-order valence-electron chi connectivity index (χ4n) is 2.35. The van der Waals surface area contributed by atoms with E-state index in [-0.39, 0.29) is 5.75 Å². The maximum atomic E-state index is 12.5. The number of carboxylic acids is 3. The molecule has 3 amide bonds. The van der Waals surface area contributed by atoms with Crippen LogP contribution in [0.25, 0.3) is 0 Å². The first-order valence-corrected chi connectivity index (χ1v) is 9.91. The van der Waals surface area contributed by atoms with Gasteiger partial charge in [-0.05, 0) is 5.92 Å². The third kappa shape index (κ3) is 10.1. The standard InChI is InChI=1S/C17H28N4O9S/c1-3-7(2)13(17(29)30)21-15(27)9(5-12(24)25)19-16(28)10(6-31)20-14(26)8(18)4-11(22)23/h7-10,13,31H,3-6,18H2,1-2H3,(H,19,28)(H,20,26)(H,21,27)(H,22,23)(H,24,25)(H,29,30). The Hall–Kier alpha value is -2.87. The van der Waals surface area contributed by atoms with Gasteiger partial charge in [-0.25, -0.2) is 4.79 Å². The SMILES string of the molecule is CCC(C)C(NC(=O)C(CC(=O)O)NC(=O)C(CS)NC(=O)C(N)CC(=O)O)C(=O)O. The van der Waals surface area contributed by atoms with E-state index in [0.717, 1.165) is 0 Å². The van der Waals surface area contributed by atoms with Crippen LogP contribution in [0.3, 0.4) is 0 Å². The topological polar surface area (TPSA) is 225 Å². The molecule has 0 rings (SSSR count). The first kappa shape index (κ1) is 28.1. The fraction of sp³-hybridized carbons (Fsp3) is 0.647.